The van der Waals surface area contributed by atoms with E-state index in [0.717, 1.165) is 9.80 Å². The molecule has 0 aromatic carbocycles. The first-order valence-electron chi connectivity index (χ1n) is 8.00. The van der Waals surface area contributed by atoms with Crippen LogP contribution in [-0.2, 0) is 9.59 Å². The van der Waals surface area contributed by atoms with Gasteiger partial charge in [-0.1, -0.05) is 12.2 Å². The SMILES string of the molecule is C=CCN1C(=O)N(CN2C(=O)N(CC=C)C(C)(C)C2=O)C(=O)C1(C)C. The molecule has 0 unspecified atom stereocenters. The molecule has 2 fully saturated rings. The highest BCUT2D eigenvalue weighted by Gasteiger charge is 2.55. The molecule has 0 spiro atoms. The standard InChI is InChI=1S/C17H24N4O4/c1-7-9-20-14(24)18(12(22)16(20,3)4)11-19-13(23)17(5,6)21(10-8-2)15(19)25/h7-8H,1-2,9-11H2,3-6H3. The van der Waals surface area contributed by atoms with Crippen molar-refractivity contribution in [1.29, 1.82) is 0 Å². The van der Waals surface area contributed by atoms with E-state index in [4.69, 9.17) is 0 Å². The van der Waals surface area contributed by atoms with Crippen LogP contribution >= 0.6 is 0 Å². The maximum Gasteiger partial charge on any atom is 0.329 e. The van der Waals surface area contributed by atoms with Crippen LogP contribution in [-0.4, -0.2) is 74.3 Å². The Kier molecular flexibility index (Phi) is 4.50. The molecule has 0 N–H and O–H groups in total. The molecule has 6 amide bonds. The van der Waals surface area contributed by atoms with Crippen LogP contribution in [0.2, 0.25) is 0 Å². The van der Waals surface area contributed by atoms with Crippen molar-refractivity contribution >= 4 is 23.9 Å². The molecular weight excluding hydrogens is 324 g/mol. The van der Waals surface area contributed by atoms with Gasteiger partial charge in [-0.3, -0.25) is 9.59 Å². The molecule has 0 aliphatic carbocycles. The highest BCUT2D eigenvalue weighted by Crippen LogP contribution is 2.31. The van der Waals surface area contributed by atoms with Crippen LogP contribution in [0, 0.1) is 0 Å². The molecule has 0 saturated carbocycles. The number of urea groups is 2. The number of hydrogen-bond acceptors (Lipinski definition) is 4. The molecule has 0 aromatic rings. The highest BCUT2D eigenvalue weighted by atomic mass is 16.2. The Morgan fingerprint density at radius 2 is 1.08 bits per heavy atom. The fourth-order valence-corrected chi connectivity index (χ4v) is 3.10. The monoisotopic (exact) mass is 348 g/mol. The van der Waals surface area contributed by atoms with Crippen molar-refractivity contribution in [1.82, 2.24) is 19.6 Å². The van der Waals surface area contributed by atoms with Crippen LogP contribution < -0.4 is 0 Å². The largest absolute Gasteiger partial charge is 0.329 e. The topological polar surface area (TPSA) is 81.2 Å². The van der Waals surface area contributed by atoms with E-state index in [2.05, 4.69) is 13.2 Å². The Morgan fingerprint density at radius 1 is 0.760 bits per heavy atom. The lowest BCUT2D eigenvalue weighted by molar-refractivity contribution is -0.136. The van der Waals surface area contributed by atoms with Crippen molar-refractivity contribution in [3.8, 4) is 0 Å². The zero-order valence-corrected chi connectivity index (χ0v) is 15.1. The van der Waals surface area contributed by atoms with Crippen LogP contribution in [0.25, 0.3) is 0 Å². The summed E-state index contributed by atoms with van der Waals surface area (Å²) in [7, 11) is 0. The summed E-state index contributed by atoms with van der Waals surface area (Å²) in [4.78, 5) is 55.1. The van der Waals surface area contributed by atoms with Gasteiger partial charge in [-0.2, -0.15) is 0 Å². The van der Waals surface area contributed by atoms with Gasteiger partial charge in [-0.05, 0) is 27.7 Å². The van der Waals surface area contributed by atoms with Crippen molar-refractivity contribution in [3.05, 3.63) is 25.3 Å². The molecule has 0 radical (unpaired) electrons. The van der Waals surface area contributed by atoms with E-state index in [0.29, 0.717) is 0 Å². The molecule has 0 atom stereocenters. The fraction of sp³-hybridized carbons (Fsp3) is 0.529. The highest BCUT2D eigenvalue weighted by molar-refractivity contribution is 6.09. The molecule has 0 aromatic heterocycles. The van der Waals surface area contributed by atoms with E-state index in [1.165, 1.54) is 22.0 Å². The van der Waals surface area contributed by atoms with Crippen molar-refractivity contribution in [3.63, 3.8) is 0 Å². The zero-order valence-electron chi connectivity index (χ0n) is 15.1. The van der Waals surface area contributed by atoms with E-state index in [1.807, 2.05) is 0 Å². The van der Waals surface area contributed by atoms with Crippen molar-refractivity contribution in [2.75, 3.05) is 19.8 Å². The first-order valence-corrected chi connectivity index (χ1v) is 8.00. The molecule has 2 aliphatic heterocycles. The predicted molar refractivity (Wildman–Crippen MR) is 91.3 cm³/mol. The molecule has 136 valence electrons. The maximum atomic E-state index is 12.6. The predicted octanol–water partition coefficient (Wildman–Crippen LogP) is 1.40. The summed E-state index contributed by atoms with van der Waals surface area (Å²) < 4.78 is 0. The molecule has 2 heterocycles. The average Bonchev–Trinajstić information content (AvgIpc) is 2.79. The number of hydrogen-bond donors (Lipinski definition) is 0. The van der Waals surface area contributed by atoms with Crippen LogP contribution in [0.3, 0.4) is 0 Å². The number of carbonyl (C=O) groups excluding carboxylic acids is 4. The smallest absolute Gasteiger partial charge is 0.306 e. The van der Waals surface area contributed by atoms with Crippen LogP contribution in [0.5, 0.6) is 0 Å². The minimum Gasteiger partial charge on any atom is -0.306 e. The summed E-state index contributed by atoms with van der Waals surface area (Å²) in [6, 6.07) is -1.09. The van der Waals surface area contributed by atoms with Crippen molar-refractivity contribution in [2.24, 2.45) is 0 Å². The second-order valence-electron chi connectivity index (χ2n) is 7.09. The first-order chi connectivity index (χ1) is 11.5. The second kappa shape index (κ2) is 6.02. The summed E-state index contributed by atoms with van der Waals surface area (Å²) in [5.74, 6) is -0.917. The molecule has 2 rings (SSSR count). The van der Waals surface area contributed by atoms with E-state index < -0.39 is 41.6 Å². The molecule has 8 nitrogen and oxygen atoms in total. The van der Waals surface area contributed by atoms with Gasteiger partial charge in [0.25, 0.3) is 11.8 Å². The van der Waals surface area contributed by atoms with Gasteiger partial charge in [0, 0.05) is 13.1 Å². The third-order valence-electron chi connectivity index (χ3n) is 4.72. The number of amides is 6. The molecule has 2 aliphatic rings. The average molecular weight is 348 g/mol. The van der Waals surface area contributed by atoms with Gasteiger partial charge in [0.15, 0.2) is 0 Å². The minimum atomic E-state index is -1.06. The van der Waals surface area contributed by atoms with Gasteiger partial charge >= 0.3 is 12.1 Å². The Bertz CT molecular complexity index is 612. The van der Waals surface area contributed by atoms with E-state index >= 15 is 0 Å². The van der Waals surface area contributed by atoms with Gasteiger partial charge < -0.3 is 9.80 Å². The maximum absolute atomic E-state index is 12.6. The summed E-state index contributed by atoms with van der Waals surface area (Å²) >= 11 is 0. The molecule has 8 heteroatoms. The molecule has 25 heavy (non-hydrogen) atoms. The second-order valence-corrected chi connectivity index (χ2v) is 7.09. The van der Waals surface area contributed by atoms with E-state index in [-0.39, 0.29) is 13.1 Å². The zero-order chi connectivity index (χ0) is 19.2. The van der Waals surface area contributed by atoms with Crippen molar-refractivity contribution < 1.29 is 19.2 Å². The van der Waals surface area contributed by atoms with Gasteiger partial charge in [0.2, 0.25) is 0 Å². The molecule has 0 bridgehead atoms. The van der Waals surface area contributed by atoms with E-state index in [9.17, 15) is 19.2 Å². The number of carbonyl (C=O) groups is 4. The fourth-order valence-electron chi connectivity index (χ4n) is 3.10. The lowest BCUT2D eigenvalue weighted by atomic mass is 10.0. The Morgan fingerprint density at radius 3 is 1.36 bits per heavy atom. The Hall–Kier alpha value is -2.64. The Labute approximate surface area is 147 Å². The van der Waals surface area contributed by atoms with Crippen LogP contribution in [0.4, 0.5) is 9.59 Å². The van der Waals surface area contributed by atoms with Gasteiger partial charge in [0.1, 0.15) is 17.7 Å². The third-order valence-corrected chi connectivity index (χ3v) is 4.72. The lowest BCUT2D eigenvalue weighted by Crippen LogP contribution is -2.47. The summed E-state index contributed by atoms with van der Waals surface area (Å²) in [5.41, 5.74) is -2.12. The summed E-state index contributed by atoms with van der Waals surface area (Å²) in [6.45, 7) is 13.7. The Balaban J connectivity index is 2.30. The van der Waals surface area contributed by atoms with Gasteiger partial charge in [0.05, 0.1) is 0 Å². The number of imide groups is 2. The third kappa shape index (κ3) is 2.61. The van der Waals surface area contributed by atoms with Crippen LogP contribution in [0.15, 0.2) is 25.3 Å². The lowest BCUT2D eigenvalue weighted by Gasteiger charge is -2.26. The quantitative estimate of drug-likeness (QED) is 0.537. The molecule has 2 saturated heterocycles. The summed E-state index contributed by atoms with van der Waals surface area (Å²) in [6.07, 6.45) is 3.05. The van der Waals surface area contributed by atoms with Gasteiger partial charge in [-0.25, -0.2) is 19.4 Å². The number of rotatable bonds is 6. The molecular formula is C17H24N4O4. The first kappa shape index (κ1) is 18.7. The van der Waals surface area contributed by atoms with Gasteiger partial charge in [-0.15, -0.1) is 13.2 Å². The minimum absolute atomic E-state index is 0.198. The van der Waals surface area contributed by atoms with Crippen LogP contribution in [0.1, 0.15) is 27.7 Å². The van der Waals surface area contributed by atoms with Crippen molar-refractivity contribution in [2.45, 2.75) is 38.8 Å². The normalized spacial score (nSPS) is 22.2. The number of nitrogens with zero attached hydrogens (tertiary/aromatic N) is 4. The summed E-state index contributed by atoms with van der Waals surface area (Å²) in [5, 5.41) is 0. The van der Waals surface area contributed by atoms with E-state index in [1.54, 1.807) is 27.7 Å².